The molecule has 2 atom stereocenters. The predicted molar refractivity (Wildman–Crippen MR) is 95.8 cm³/mol. The molecule has 1 aliphatic heterocycles. The van der Waals surface area contributed by atoms with Crippen LogP contribution in [0.4, 0.5) is 23.7 Å². The van der Waals surface area contributed by atoms with Crippen LogP contribution in [-0.4, -0.2) is 27.9 Å². The number of amides is 3. The molecular formula is C19H16F3N5O2. The van der Waals surface area contributed by atoms with Gasteiger partial charge < -0.3 is 15.5 Å². The predicted octanol–water partition coefficient (Wildman–Crippen LogP) is 2.98. The van der Waals surface area contributed by atoms with Crippen molar-refractivity contribution in [2.45, 2.75) is 32.5 Å². The maximum atomic E-state index is 14.1. The van der Waals surface area contributed by atoms with Crippen LogP contribution in [0.2, 0.25) is 0 Å². The van der Waals surface area contributed by atoms with E-state index in [1.165, 1.54) is 26.1 Å². The summed E-state index contributed by atoms with van der Waals surface area (Å²) in [5.74, 6) is -3.56. The molecule has 7 nitrogen and oxygen atoms in total. The number of fused-ring (bicyclic) bond motifs is 1. The van der Waals surface area contributed by atoms with Crippen LogP contribution in [0.15, 0.2) is 24.4 Å². The van der Waals surface area contributed by atoms with Crippen LogP contribution in [0, 0.1) is 28.8 Å². The fourth-order valence-corrected chi connectivity index (χ4v) is 2.98. The van der Waals surface area contributed by atoms with E-state index in [0.29, 0.717) is 0 Å². The first-order valence-corrected chi connectivity index (χ1v) is 8.63. The Hall–Kier alpha value is -3.61. The lowest BCUT2D eigenvalue weighted by molar-refractivity contribution is -0.125. The molecule has 0 saturated carbocycles. The number of benzene rings is 1. The summed E-state index contributed by atoms with van der Waals surface area (Å²) >= 11 is 0. The van der Waals surface area contributed by atoms with Gasteiger partial charge in [0.05, 0.1) is 29.5 Å². The lowest BCUT2D eigenvalue weighted by Gasteiger charge is -2.34. The molecule has 2 N–H and O–H groups in total. The van der Waals surface area contributed by atoms with E-state index in [4.69, 9.17) is 5.26 Å². The molecule has 0 fully saturated rings. The number of nitriles is 1. The third-order valence-corrected chi connectivity index (χ3v) is 4.64. The first-order valence-electron chi connectivity index (χ1n) is 8.63. The number of rotatable bonds is 4. The van der Waals surface area contributed by atoms with Gasteiger partial charge >= 0.3 is 6.03 Å². The first-order chi connectivity index (χ1) is 13.7. The van der Waals surface area contributed by atoms with E-state index >= 15 is 0 Å². The van der Waals surface area contributed by atoms with E-state index in [1.807, 2.05) is 0 Å². The Morgan fingerprint density at radius 3 is 2.69 bits per heavy atom. The van der Waals surface area contributed by atoms with Gasteiger partial charge in [0.25, 0.3) is 0 Å². The molecule has 1 aromatic heterocycles. The van der Waals surface area contributed by atoms with E-state index in [9.17, 15) is 22.8 Å². The summed E-state index contributed by atoms with van der Waals surface area (Å²) in [6, 6.07) is 2.34. The molecule has 0 aliphatic carbocycles. The van der Waals surface area contributed by atoms with Gasteiger partial charge in [-0.3, -0.25) is 9.78 Å². The van der Waals surface area contributed by atoms with Crippen LogP contribution in [0.5, 0.6) is 0 Å². The average Bonchev–Trinajstić information content (AvgIpc) is 2.69. The second-order valence-corrected chi connectivity index (χ2v) is 6.55. The SMILES string of the molecule is C[C@H](NC(=O)[C@H](C)N1Cc2c(ccc(F)c2F)NC1=O)c1ncc(C#N)cc1F. The van der Waals surface area contributed by atoms with Crippen LogP contribution < -0.4 is 10.6 Å². The molecule has 0 radical (unpaired) electrons. The molecule has 0 bridgehead atoms. The summed E-state index contributed by atoms with van der Waals surface area (Å²) < 4.78 is 41.6. The molecule has 150 valence electrons. The number of halogens is 3. The van der Waals surface area contributed by atoms with Crippen LogP contribution >= 0.6 is 0 Å². The fourth-order valence-electron chi connectivity index (χ4n) is 2.98. The van der Waals surface area contributed by atoms with Gasteiger partial charge in [0.15, 0.2) is 11.6 Å². The lowest BCUT2D eigenvalue weighted by atomic mass is 10.1. The normalized spacial score (nSPS) is 15.0. The number of carbonyl (C=O) groups excluding carboxylic acids is 2. The van der Waals surface area contributed by atoms with Crippen LogP contribution in [-0.2, 0) is 11.3 Å². The first kappa shape index (κ1) is 20.1. The van der Waals surface area contributed by atoms with E-state index in [2.05, 4.69) is 15.6 Å². The maximum Gasteiger partial charge on any atom is 0.322 e. The Balaban J connectivity index is 1.75. The molecule has 1 aliphatic rings. The molecule has 0 saturated heterocycles. The standard InChI is InChI=1S/C19H16F3N5O2/c1-9(17-14(21)5-11(6-23)7-24-17)25-18(28)10(2)27-8-12-15(26-19(27)29)4-3-13(20)16(12)22/h3-5,7,9-10H,8H2,1-2H3,(H,25,28)(H,26,29)/t9-,10-/m0/s1. The van der Waals surface area contributed by atoms with Crippen molar-refractivity contribution in [2.24, 2.45) is 0 Å². The zero-order chi connectivity index (χ0) is 21.3. The van der Waals surface area contributed by atoms with E-state index in [0.717, 1.165) is 17.0 Å². The quantitative estimate of drug-likeness (QED) is 0.820. The van der Waals surface area contributed by atoms with Gasteiger partial charge in [-0.15, -0.1) is 0 Å². The van der Waals surface area contributed by atoms with Gasteiger partial charge in [-0.05, 0) is 32.0 Å². The maximum absolute atomic E-state index is 14.1. The third-order valence-electron chi connectivity index (χ3n) is 4.64. The van der Waals surface area contributed by atoms with Gasteiger partial charge in [-0.2, -0.15) is 5.26 Å². The Bertz CT molecular complexity index is 1040. The van der Waals surface area contributed by atoms with Crippen molar-refractivity contribution in [2.75, 3.05) is 5.32 Å². The number of carbonyl (C=O) groups is 2. The molecule has 3 amide bonds. The minimum Gasteiger partial charge on any atom is -0.346 e. The molecule has 2 heterocycles. The molecule has 29 heavy (non-hydrogen) atoms. The minimum atomic E-state index is -1.10. The second-order valence-electron chi connectivity index (χ2n) is 6.55. The number of hydrogen-bond acceptors (Lipinski definition) is 4. The van der Waals surface area contributed by atoms with E-state index < -0.39 is 41.5 Å². The minimum absolute atomic E-state index is 0.0380. The van der Waals surface area contributed by atoms with Gasteiger partial charge in [0, 0.05) is 11.8 Å². The number of pyridine rings is 1. The van der Waals surface area contributed by atoms with Gasteiger partial charge in [0.2, 0.25) is 5.91 Å². The summed E-state index contributed by atoms with van der Waals surface area (Å²) in [6.45, 7) is 2.59. The molecule has 3 rings (SSSR count). The average molecular weight is 403 g/mol. The van der Waals surface area contributed by atoms with Crippen LogP contribution in [0.1, 0.15) is 36.7 Å². The molecule has 1 aromatic carbocycles. The van der Waals surface area contributed by atoms with Gasteiger partial charge in [-0.25, -0.2) is 18.0 Å². The smallest absolute Gasteiger partial charge is 0.322 e. The Morgan fingerprint density at radius 2 is 2.03 bits per heavy atom. The van der Waals surface area contributed by atoms with Crippen molar-refractivity contribution in [1.29, 1.82) is 5.26 Å². The summed E-state index contributed by atoms with van der Waals surface area (Å²) in [6.07, 6.45) is 1.18. The summed E-state index contributed by atoms with van der Waals surface area (Å²) in [5, 5.41) is 13.7. The summed E-state index contributed by atoms with van der Waals surface area (Å²) in [7, 11) is 0. The molecule has 0 unspecified atom stereocenters. The highest BCUT2D eigenvalue weighted by Gasteiger charge is 2.33. The van der Waals surface area contributed by atoms with Crippen molar-refractivity contribution < 1.29 is 22.8 Å². The number of urea groups is 1. The van der Waals surface area contributed by atoms with E-state index in [1.54, 1.807) is 6.07 Å². The highest BCUT2D eigenvalue weighted by atomic mass is 19.2. The molecular weight excluding hydrogens is 387 g/mol. The van der Waals surface area contributed by atoms with Crippen molar-refractivity contribution in [3.8, 4) is 6.07 Å². The molecule has 0 spiro atoms. The third kappa shape index (κ3) is 3.85. The Kier molecular flexibility index (Phi) is 5.41. The van der Waals surface area contributed by atoms with Crippen LogP contribution in [0.3, 0.4) is 0 Å². The molecule has 10 heteroatoms. The number of nitrogens with zero attached hydrogens (tertiary/aromatic N) is 3. The number of aromatic nitrogens is 1. The Labute approximate surface area is 164 Å². The van der Waals surface area contributed by atoms with Gasteiger partial charge in [-0.1, -0.05) is 0 Å². The monoisotopic (exact) mass is 403 g/mol. The summed E-state index contributed by atoms with van der Waals surface area (Å²) in [4.78, 5) is 29.7. The van der Waals surface area contributed by atoms with Crippen molar-refractivity contribution in [1.82, 2.24) is 15.2 Å². The van der Waals surface area contributed by atoms with Crippen molar-refractivity contribution in [3.63, 3.8) is 0 Å². The van der Waals surface area contributed by atoms with Crippen molar-refractivity contribution in [3.05, 3.63) is 58.7 Å². The highest BCUT2D eigenvalue weighted by molar-refractivity contribution is 5.96. The second kappa shape index (κ2) is 7.79. The topological polar surface area (TPSA) is 98.1 Å². The van der Waals surface area contributed by atoms with Crippen molar-refractivity contribution >= 4 is 17.6 Å². The van der Waals surface area contributed by atoms with Crippen LogP contribution in [0.25, 0.3) is 0 Å². The lowest BCUT2D eigenvalue weighted by Crippen LogP contribution is -2.51. The Morgan fingerprint density at radius 1 is 1.31 bits per heavy atom. The fraction of sp³-hybridized carbons (Fsp3) is 0.263. The number of anilines is 1. The number of hydrogen-bond donors (Lipinski definition) is 2. The largest absolute Gasteiger partial charge is 0.346 e. The summed E-state index contributed by atoms with van der Waals surface area (Å²) in [5.41, 5.74) is 0.0224. The van der Waals surface area contributed by atoms with E-state index in [-0.39, 0.29) is 29.1 Å². The zero-order valence-electron chi connectivity index (χ0n) is 15.5. The zero-order valence-corrected chi connectivity index (χ0v) is 15.5. The number of nitrogens with one attached hydrogen (secondary N) is 2. The highest BCUT2D eigenvalue weighted by Crippen LogP contribution is 2.28. The molecule has 2 aromatic rings. The van der Waals surface area contributed by atoms with Gasteiger partial charge in [0.1, 0.15) is 17.9 Å².